The standard InChI is InChI=1S/C18H27N3O3/c1-20(2)18(23)19-15-4-5-16-14(11-15)3-6-17(22)21(16)12-13-7-9-24-10-8-13/h3,6,13,15H,4-5,7-12H2,1-2H3,(H,19,23). The third-order valence-electron chi connectivity index (χ3n) is 5.10. The van der Waals surface area contributed by atoms with Gasteiger partial charge in [0, 0.05) is 51.7 Å². The molecule has 1 aromatic rings. The van der Waals surface area contributed by atoms with E-state index in [4.69, 9.17) is 4.74 Å². The van der Waals surface area contributed by atoms with Crippen molar-refractivity contribution in [3.63, 3.8) is 0 Å². The zero-order chi connectivity index (χ0) is 17.1. The van der Waals surface area contributed by atoms with E-state index in [0.717, 1.165) is 57.6 Å². The van der Waals surface area contributed by atoms with Gasteiger partial charge in [0.25, 0.3) is 5.56 Å². The summed E-state index contributed by atoms with van der Waals surface area (Å²) in [4.78, 5) is 25.8. The summed E-state index contributed by atoms with van der Waals surface area (Å²) in [7, 11) is 3.50. The van der Waals surface area contributed by atoms with Crippen LogP contribution in [0.15, 0.2) is 16.9 Å². The van der Waals surface area contributed by atoms with Gasteiger partial charge in [-0.15, -0.1) is 0 Å². The average Bonchev–Trinajstić information content (AvgIpc) is 2.58. The first-order valence-corrected chi connectivity index (χ1v) is 8.81. The van der Waals surface area contributed by atoms with E-state index in [1.54, 1.807) is 25.1 Å². The van der Waals surface area contributed by atoms with E-state index in [2.05, 4.69) is 5.32 Å². The summed E-state index contributed by atoms with van der Waals surface area (Å²) >= 11 is 0. The normalized spacial score (nSPS) is 21.2. The molecule has 132 valence electrons. The van der Waals surface area contributed by atoms with E-state index in [-0.39, 0.29) is 17.6 Å². The minimum atomic E-state index is -0.0565. The Morgan fingerprint density at radius 3 is 2.75 bits per heavy atom. The molecule has 2 heterocycles. The molecule has 6 nitrogen and oxygen atoms in total. The Bertz CT molecular complexity index is 647. The first-order chi connectivity index (χ1) is 11.5. The van der Waals surface area contributed by atoms with Gasteiger partial charge in [-0.2, -0.15) is 0 Å². The van der Waals surface area contributed by atoms with Crippen molar-refractivity contribution in [3.05, 3.63) is 33.7 Å². The second-order valence-electron chi connectivity index (χ2n) is 7.09. The minimum Gasteiger partial charge on any atom is -0.381 e. The third-order valence-corrected chi connectivity index (χ3v) is 5.10. The number of nitrogens with one attached hydrogen (secondary N) is 1. The quantitative estimate of drug-likeness (QED) is 0.909. The molecule has 0 bridgehead atoms. The molecule has 1 atom stereocenters. The van der Waals surface area contributed by atoms with Crippen LogP contribution in [0.5, 0.6) is 0 Å². The van der Waals surface area contributed by atoms with Gasteiger partial charge in [-0.25, -0.2) is 4.79 Å². The van der Waals surface area contributed by atoms with Crippen LogP contribution in [0.4, 0.5) is 4.79 Å². The molecule has 2 aliphatic rings. The largest absolute Gasteiger partial charge is 0.381 e. The van der Waals surface area contributed by atoms with Gasteiger partial charge in [-0.3, -0.25) is 4.79 Å². The van der Waals surface area contributed by atoms with Crippen LogP contribution < -0.4 is 10.9 Å². The number of ether oxygens (including phenoxy) is 1. The van der Waals surface area contributed by atoms with Gasteiger partial charge in [0.2, 0.25) is 0 Å². The smallest absolute Gasteiger partial charge is 0.317 e. The number of hydrogen-bond donors (Lipinski definition) is 1. The zero-order valence-corrected chi connectivity index (χ0v) is 14.6. The second kappa shape index (κ2) is 7.38. The maximum Gasteiger partial charge on any atom is 0.317 e. The van der Waals surface area contributed by atoms with Crippen molar-refractivity contribution in [2.45, 2.75) is 44.7 Å². The summed E-state index contributed by atoms with van der Waals surface area (Å²) in [5.41, 5.74) is 2.44. The lowest BCUT2D eigenvalue weighted by Crippen LogP contribution is -2.45. The first-order valence-electron chi connectivity index (χ1n) is 8.81. The molecule has 1 aromatic heterocycles. The fraction of sp³-hybridized carbons (Fsp3) is 0.667. The molecule has 24 heavy (non-hydrogen) atoms. The lowest BCUT2D eigenvalue weighted by molar-refractivity contribution is 0.0606. The third kappa shape index (κ3) is 3.80. The number of carbonyl (C=O) groups excluding carboxylic acids is 1. The predicted octanol–water partition coefficient (Wildman–Crippen LogP) is 1.40. The van der Waals surface area contributed by atoms with Crippen LogP contribution in [0.25, 0.3) is 0 Å². The fourth-order valence-electron chi connectivity index (χ4n) is 3.64. The number of nitrogens with zero attached hydrogens (tertiary/aromatic N) is 2. The van der Waals surface area contributed by atoms with Gasteiger partial charge in [0.15, 0.2) is 0 Å². The van der Waals surface area contributed by atoms with Crippen LogP contribution in [0.3, 0.4) is 0 Å². The molecular weight excluding hydrogens is 306 g/mol. The van der Waals surface area contributed by atoms with Crippen molar-refractivity contribution in [2.24, 2.45) is 5.92 Å². The molecule has 3 rings (SSSR count). The highest BCUT2D eigenvalue weighted by molar-refractivity contribution is 5.73. The van der Waals surface area contributed by atoms with E-state index in [0.29, 0.717) is 5.92 Å². The minimum absolute atomic E-state index is 0.0565. The highest BCUT2D eigenvalue weighted by atomic mass is 16.5. The van der Waals surface area contributed by atoms with Gasteiger partial charge in [0.05, 0.1) is 0 Å². The zero-order valence-electron chi connectivity index (χ0n) is 14.6. The molecule has 1 unspecified atom stereocenters. The molecule has 6 heteroatoms. The van der Waals surface area contributed by atoms with Crippen LogP contribution in [0, 0.1) is 5.92 Å². The Morgan fingerprint density at radius 1 is 1.29 bits per heavy atom. The fourth-order valence-corrected chi connectivity index (χ4v) is 3.64. The van der Waals surface area contributed by atoms with Crippen molar-refractivity contribution in [1.29, 1.82) is 0 Å². The molecule has 1 aliphatic heterocycles. The number of hydrogen-bond acceptors (Lipinski definition) is 3. The van der Waals surface area contributed by atoms with Crippen molar-refractivity contribution >= 4 is 6.03 Å². The maximum absolute atomic E-state index is 12.4. The van der Waals surface area contributed by atoms with Gasteiger partial charge in [-0.1, -0.05) is 6.07 Å². The Balaban J connectivity index is 1.74. The number of aromatic nitrogens is 1. The van der Waals surface area contributed by atoms with Crippen molar-refractivity contribution < 1.29 is 9.53 Å². The topological polar surface area (TPSA) is 63.6 Å². The van der Waals surface area contributed by atoms with Crippen molar-refractivity contribution in [1.82, 2.24) is 14.8 Å². The monoisotopic (exact) mass is 333 g/mol. The predicted molar refractivity (Wildman–Crippen MR) is 92.3 cm³/mol. The Morgan fingerprint density at radius 2 is 2.04 bits per heavy atom. The molecule has 1 N–H and O–H groups in total. The van der Waals surface area contributed by atoms with Crippen LogP contribution in [-0.2, 0) is 24.1 Å². The number of urea groups is 1. The van der Waals surface area contributed by atoms with Crippen molar-refractivity contribution in [3.8, 4) is 0 Å². The van der Waals surface area contributed by atoms with Gasteiger partial charge >= 0.3 is 6.03 Å². The summed E-state index contributed by atoms with van der Waals surface area (Å²) in [6.45, 7) is 2.39. The highest BCUT2D eigenvalue weighted by Gasteiger charge is 2.24. The number of rotatable bonds is 3. The molecule has 0 radical (unpaired) electrons. The Kier molecular flexibility index (Phi) is 5.23. The van der Waals surface area contributed by atoms with Gasteiger partial charge in [0.1, 0.15) is 0 Å². The van der Waals surface area contributed by atoms with E-state index >= 15 is 0 Å². The van der Waals surface area contributed by atoms with Crippen LogP contribution in [-0.4, -0.2) is 48.8 Å². The molecular formula is C18H27N3O3. The van der Waals surface area contributed by atoms with Gasteiger partial charge < -0.3 is 19.5 Å². The summed E-state index contributed by atoms with van der Waals surface area (Å²) in [5, 5.41) is 3.06. The Labute approximate surface area is 142 Å². The average molecular weight is 333 g/mol. The summed E-state index contributed by atoms with van der Waals surface area (Å²) in [6, 6.07) is 3.70. The Hall–Kier alpha value is -1.82. The lowest BCUT2D eigenvalue weighted by atomic mass is 9.90. The van der Waals surface area contributed by atoms with Crippen LogP contribution in [0.1, 0.15) is 30.5 Å². The first kappa shape index (κ1) is 17.0. The van der Waals surface area contributed by atoms with E-state index < -0.39 is 0 Å². The number of pyridine rings is 1. The van der Waals surface area contributed by atoms with Gasteiger partial charge in [-0.05, 0) is 43.6 Å². The van der Waals surface area contributed by atoms with E-state index in [9.17, 15) is 9.59 Å². The molecule has 1 fully saturated rings. The number of carbonyl (C=O) groups is 1. The molecule has 1 aliphatic carbocycles. The van der Waals surface area contributed by atoms with Crippen molar-refractivity contribution in [2.75, 3.05) is 27.3 Å². The molecule has 2 amide bonds. The summed E-state index contributed by atoms with van der Waals surface area (Å²) in [6.07, 6.45) is 4.56. The van der Waals surface area contributed by atoms with E-state index in [1.807, 2.05) is 10.6 Å². The van der Waals surface area contributed by atoms with Crippen LogP contribution in [0.2, 0.25) is 0 Å². The lowest BCUT2D eigenvalue weighted by Gasteiger charge is -2.30. The SMILES string of the molecule is CN(C)C(=O)NC1CCc2c(ccc(=O)n2CC2CCOCC2)C1. The van der Waals surface area contributed by atoms with E-state index in [1.165, 1.54) is 5.56 Å². The summed E-state index contributed by atoms with van der Waals surface area (Å²) in [5.74, 6) is 0.522. The molecule has 0 aromatic carbocycles. The maximum atomic E-state index is 12.4. The number of fused-ring (bicyclic) bond motifs is 1. The highest BCUT2D eigenvalue weighted by Crippen LogP contribution is 2.23. The molecule has 0 spiro atoms. The second-order valence-corrected chi connectivity index (χ2v) is 7.09. The molecule has 0 saturated carbocycles. The van der Waals surface area contributed by atoms with Crippen LogP contribution >= 0.6 is 0 Å². The molecule has 1 saturated heterocycles. The summed E-state index contributed by atoms with van der Waals surface area (Å²) < 4.78 is 7.39. The number of amides is 2.